The summed E-state index contributed by atoms with van der Waals surface area (Å²) in [6.45, 7) is 8.17. The maximum absolute atomic E-state index is 12.3. The summed E-state index contributed by atoms with van der Waals surface area (Å²) in [4.78, 5) is 20.8. The number of rotatable bonds is 5. The molecule has 0 saturated heterocycles. The number of anilines is 2. The van der Waals surface area contributed by atoms with Crippen molar-refractivity contribution in [2.45, 2.75) is 39.7 Å². The summed E-state index contributed by atoms with van der Waals surface area (Å²) in [7, 11) is 0. The number of carbonyl (C=O) groups excluding carboxylic acids is 1. The molecule has 0 aliphatic rings. The van der Waals surface area contributed by atoms with Gasteiger partial charge in [-0.2, -0.15) is 0 Å². The molecule has 0 aliphatic heterocycles. The van der Waals surface area contributed by atoms with E-state index in [2.05, 4.69) is 41.4 Å². The van der Waals surface area contributed by atoms with Crippen LogP contribution in [0.1, 0.15) is 43.4 Å². The molecule has 2 aromatic heterocycles. The van der Waals surface area contributed by atoms with Gasteiger partial charge in [-0.15, -0.1) is 11.3 Å². The first kappa shape index (κ1) is 15.4. The van der Waals surface area contributed by atoms with Gasteiger partial charge in [-0.1, -0.05) is 13.0 Å². The molecule has 2 aromatic rings. The fourth-order valence-electron chi connectivity index (χ4n) is 1.68. The van der Waals surface area contributed by atoms with Crippen molar-refractivity contribution < 1.29 is 4.79 Å². The standard InChI is InChI=1S/C15H20N4OS/c1-5-15(3,4)19-14-12(16-9-21-14)13(20)18-11-8-6-7-10(2)17-11/h6-9,19H,5H2,1-4H3,(H,17,18,20). The molecule has 0 aromatic carbocycles. The Bertz CT molecular complexity index is 636. The maximum Gasteiger partial charge on any atom is 0.278 e. The fraction of sp³-hybridized carbons (Fsp3) is 0.400. The molecule has 0 fully saturated rings. The van der Waals surface area contributed by atoms with Gasteiger partial charge in [0, 0.05) is 11.2 Å². The van der Waals surface area contributed by atoms with Gasteiger partial charge in [-0.3, -0.25) is 4.79 Å². The van der Waals surface area contributed by atoms with E-state index in [0.717, 1.165) is 17.1 Å². The van der Waals surface area contributed by atoms with E-state index in [1.165, 1.54) is 11.3 Å². The molecule has 0 radical (unpaired) electrons. The number of aromatic nitrogens is 2. The average molecular weight is 304 g/mol. The van der Waals surface area contributed by atoms with Crippen LogP contribution in [-0.4, -0.2) is 21.4 Å². The molecule has 0 unspecified atom stereocenters. The van der Waals surface area contributed by atoms with Crippen LogP contribution in [0.2, 0.25) is 0 Å². The third-order valence-electron chi connectivity index (χ3n) is 3.25. The highest BCUT2D eigenvalue weighted by Gasteiger charge is 2.21. The van der Waals surface area contributed by atoms with Crippen LogP contribution >= 0.6 is 11.3 Å². The van der Waals surface area contributed by atoms with Crippen molar-refractivity contribution in [2.75, 3.05) is 10.6 Å². The Morgan fingerprint density at radius 3 is 2.81 bits per heavy atom. The Hall–Kier alpha value is -1.95. The van der Waals surface area contributed by atoms with Gasteiger partial charge in [0.05, 0.1) is 5.51 Å². The van der Waals surface area contributed by atoms with E-state index in [0.29, 0.717) is 11.5 Å². The summed E-state index contributed by atoms with van der Waals surface area (Å²) in [5, 5.41) is 6.94. The molecule has 2 rings (SSSR count). The van der Waals surface area contributed by atoms with E-state index in [1.54, 1.807) is 11.6 Å². The van der Waals surface area contributed by atoms with Gasteiger partial charge in [0.25, 0.3) is 5.91 Å². The molecule has 0 spiro atoms. The number of aryl methyl sites for hydroxylation is 1. The van der Waals surface area contributed by atoms with Crippen LogP contribution in [0, 0.1) is 6.92 Å². The number of nitrogens with zero attached hydrogens (tertiary/aromatic N) is 2. The molecule has 0 aliphatic carbocycles. The Morgan fingerprint density at radius 1 is 1.38 bits per heavy atom. The monoisotopic (exact) mass is 304 g/mol. The zero-order chi connectivity index (χ0) is 15.5. The lowest BCUT2D eigenvalue weighted by Gasteiger charge is -2.25. The fourth-order valence-corrected chi connectivity index (χ4v) is 2.54. The molecule has 5 nitrogen and oxygen atoms in total. The number of nitrogens with one attached hydrogen (secondary N) is 2. The van der Waals surface area contributed by atoms with Gasteiger partial charge in [0.1, 0.15) is 10.8 Å². The van der Waals surface area contributed by atoms with Crippen LogP contribution in [0.4, 0.5) is 10.8 Å². The van der Waals surface area contributed by atoms with E-state index in [-0.39, 0.29) is 11.4 Å². The summed E-state index contributed by atoms with van der Waals surface area (Å²) in [5.74, 6) is 0.289. The Kier molecular flexibility index (Phi) is 4.57. The van der Waals surface area contributed by atoms with Crippen molar-refractivity contribution in [3.63, 3.8) is 0 Å². The second-order valence-electron chi connectivity index (χ2n) is 5.51. The van der Waals surface area contributed by atoms with Crippen molar-refractivity contribution in [1.82, 2.24) is 9.97 Å². The quantitative estimate of drug-likeness (QED) is 0.884. The van der Waals surface area contributed by atoms with E-state index in [1.807, 2.05) is 19.1 Å². The second kappa shape index (κ2) is 6.22. The molecule has 21 heavy (non-hydrogen) atoms. The lowest BCUT2D eigenvalue weighted by Crippen LogP contribution is -2.30. The number of carbonyl (C=O) groups is 1. The summed E-state index contributed by atoms with van der Waals surface area (Å²) >= 11 is 1.43. The van der Waals surface area contributed by atoms with Crippen LogP contribution in [0.25, 0.3) is 0 Å². The first-order valence-corrected chi connectivity index (χ1v) is 7.76. The number of hydrogen-bond acceptors (Lipinski definition) is 5. The van der Waals surface area contributed by atoms with Gasteiger partial charge in [0.15, 0.2) is 5.69 Å². The summed E-state index contributed by atoms with van der Waals surface area (Å²) in [6.07, 6.45) is 0.950. The molecule has 6 heteroatoms. The topological polar surface area (TPSA) is 66.9 Å². The first-order chi connectivity index (χ1) is 9.91. The van der Waals surface area contributed by atoms with Crippen molar-refractivity contribution in [3.05, 3.63) is 35.1 Å². The van der Waals surface area contributed by atoms with E-state index >= 15 is 0 Å². The van der Waals surface area contributed by atoms with Crippen LogP contribution in [0.5, 0.6) is 0 Å². The van der Waals surface area contributed by atoms with Gasteiger partial charge < -0.3 is 10.6 Å². The van der Waals surface area contributed by atoms with Crippen molar-refractivity contribution in [3.8, 4) is 0 Å². The van der Waals surface area contributed by atoms with E-state index in [9.17, 15) is 4.79 Å². The predicted octanol–water partition coefficient (Wildman–Crippen LogP) is 3.70. The molecule has 0 atom stereocenters. The normalized spacial score (nSPS) is 11.2. The molecule has 112 valence electrons. The van der Waals surface area contributed by atoms with Gasteiger partial charge in [-0.25, -0.2) is 9.97 Å². The average Bonchev–Trinajstić information content (AvgIpc) is 2.86. The summed E-state index contributed by atoms with van der Waals surface area (Å²) < 4.78 is 0. The van der Waals surface area contributed by atoms with E-state index in [4.69, 9.17) is 0 Å². The highest BCUT2D eigenvalue weighted by molar-refractivity contribution is 7.14. The predicted molar refractivity (Wildman–Crippen MR) is 87.0 cm³/mol. The largest absolute Gasteiger partial charge is 0.370 e. The smallest absolute Gasteiger partial charge is 0.278 e. The minimum absolute atomic E-state index is 0.0802. The second-order valence-corrected chi connectivity index (χ2v) is 6.37. The van der Waals surface area contributed by atoms with Crippen LogP contribution in [0.3, 0.4) is 0 Å². The highest BCUT2D eigenvalue weighted by Crippen LogP contribution is 2.26. The molecular weight excluding hydrogens is 284 g/mol. The number of amides is 1. The third-order valence-corrected chi connectivity index (χ3v) is 3.99. The van der Waals surface area contributed by atoms with Gasteiger partial charge in [0.2, 0.25) is 0 Å². The van der Waals surface area contributed by atoms with Crippen molar-refractivity contribution in [2.24, 2.45) is 0 Å². The zero-order valence-corrected chi connectivity index (χ0v) is 13.5. The van der Waals surface area contributed by atoms with Crippen molar-refractivity contribution in [1.29, 1.82) is 0 Å². The zero-order valence-electron chi connectivity index (χ0n) is 12.7. The molecule has 0 bridgehead atoms. The van der Waals surface area contributed by atoms with Gasteiger partial charge in [-0.05, 0) is 39.3 Å². The van der Waals surface area contributed by atoms with Crippen molar-refractivity contribution >= 4 is 28.1 Å². The SMILES string of the molecule is CCC(C)(C)Nc1scnc1C(=O)Nc1cccc(C)n1. The Morgan fingerprint density at radius 2 is 2.14 bits per heavy atom. The maximum atomic E-state index is 12.3. The Labute approximate surface area is 128 Å². The van der Waals surface area contributed by atoms with Crippen LogP contribution in [0.15, 0.2) is 23.7 Å². The lowest BCUT2D eigenvalue weighted by molar-refractivity contribution is 0.102. The minimum Gasteiger partial charge on any atom is -0.370 e. The third kappa shape index (κ3) is 4.01. The number of hydrogen-bond donors (Lipinski definition) is 2. The molecule has 1 amide bonds. The molecular formula is C15H20N4OS. The minimum atomic E-state index is -0.247. The first-order valence-electron chi connectivity index (χ1n) is 6.88. The molecule has 2 N–H and O–H groups in total. The summed E-state index contributed by atoms with van der Waals surface area (Å²) in [6, 6.07) is 5.51. The Balaban J connectivity index is 2.15. The van der Waals surface area contributed by atoms with Gasteiger partial charge >= 0.3 is 0 Å². The molecule has 0 saturated carbocycles. The van der Waals surface area contributed by atoms with Crippen LogP contribution in [-0.2, 0) is 0 Å². The highest BCUT2D eigenvalue weighted by atomic mass is 32.1. The number of thiazole rings is 1. The van der Waals surface area contributed by atoms with Crippen LogP contribution < -0.4 is 10.6 Å². The number of pyridine rings is 1. The summed E-state index contributed by atoms with van der Waals surface area (Å²) in [5.41, 5.74) is 2.86. The lowest BCUT2D eigenvalue weighted by atomic mass is 10.0. The molecule has 2 heterocycles. The van der Waals surface area contributed by atoms with E-state index < -0.39 is 0 Å².